The molecular formula is C10H17F3N2O2. The molecule has 1 saturated heterocycles. The summed E-state index contributed by atoms with van der Waals surface area (Å²) in [5.41, 5.74) is 2.21. The number of carbonyl (C=O) groups is 1. The van der Waals surface area contributed by atoms with Gasteiger partial charge in [-0.2, -0.15) is 13.2 Å². The lowest BCUT2D eigenvalue weighted by Crippen LogP contribution is -2.55. The van der Waals surface area contributed by atoms with Gasteiger partial charge in [0.2, 0.25) is 0 Å². The summed E-state index contributed by atoms with van der Waals surface area (Å²) in [4.78, 5) is 12.6. The molecule has 0 spiro atoms. The Hall–Kier alpha value is -0.980. The number of carbonyl (C=O) groups excluding carboxylic acids is 1. The van der Waals surface area contributed by atoms with Crippen LogP contribution >= 0.6 is 0 Å². The Morgan fingerprint density at radius 3 is 2.24 bits per heavy atom. The maximum atomic E-state index is 12.6. The van der Waals surface area contributed by atoms with Crippen LogP contribution in [-0.4, -0.2) is 41.4 Å². The van der Waals surface area contributed by atoms with E-state index < -0.39 is 30.0 Å². The van der Waals surface area contributed by atoms with E-state index in [2.05, 4.69) is 0 Å². The molecule has 1 aliphatic rings. The van der Waals surface area contributed by atoms with Gasteiger partial charge in [0.15, 0.2) is 0 Å². The molecule has 0 bridgehead atoms. The minimum absolute atomic E-state index is 0.0368. The summed E-state index contributed by atoms with van der Waals surface area (Å²) in [6.45, 7) is 4.37. The predicted octanol–water partition coefficient (Wildman–Crippen LogP) is 1.89. The van der Waals surface area contributed by atoms with E-state index in [0.29, 0.717) is 0 Å². The quantitative estimate of drug-likeness (QED) is 0.718. The van der Waals surface area contributed by atoms with Crippen LogP contribution in [0.1, 0.15) is 27.2 Å². The number of hydrogen-bond donors (Lipinski definition) is 1. The van der Waals surface area contributed by atoms with E-state index in [-0.39, 0.29) is 13.0 Å². The van der Waals surface area contributed by atoms with Gasteiger partial charge in [0.25, 0.3) is 0 Å². The molecule has 1 rings (SSSR count). The lowest BCUT2D eigenvalue weighted by atomic mass is 10.00. The number of likely N-dealkylation sites (tertiary alicyclic amines) is 1. The van der Waals surface area contributed by atoms with E-state index in [1.165, 1.54) is 0 Å². The highest BCUT2D eigenvalue weighted by Gasteiger charge is 2.56. The van der Waals surface area contributed by atoms with E-state index in [0.717, 1.165) is 4.90 Å². The summed E-state index contributed by atoms with van der Waals surface area (Å²) < 4.78 is 42.8. The van der Waals surface area contributed by atoms with Gasteiger partial charge in [0, 0.05) is 6.54 Å². The van der Waals surface area contributed by atoms with E-state index in [1.54, 1.807) is 20.8 Å². The fourth-order valence-electron chi connectivity index (χ4n) is 1.55. The Morgan fingerprint density at radius 1 is 1.35 bits per heavy atom. The third-order valence-electron chi connectivity index (χ3n) is 2.52. The minimum Gasteiger partial charge on any atom is -0.444 e. The molecule has 0 aromatic rings. The van der Waals surface area contributed by atoms with Gasteiger partial charge < -0.3 is 15.4 Å². The van der Waals surface area contributed by atoms with Gasteiger partial charge in [-0.15, -0.1) is 0 Å². The van der Waals surface area contributed by atoms with Crippen LogP contribution in [0.4, 0.5) is 18.0 Å². The first-order chi connectivity index (χ1) is 7.45. The topological polar surface area (TPSA) is 55.6 Å². The molecule has 7 heteroatoms. The van der Waals surface area contributed by atoms with Crippen LogP contribution in [0.15, 0.2) is 0 Å². The summed E-state index contributed by atoms with van der Waals surface area (Å²) in [6.07, 6.45) is -5.56. The van der Waals surface area contributed by atoms with E-state index >= 15 is 0 Å². The number of nitrogens with zero attached hydrogens (tertiary/aromatic N) is 1. The summed E-state index contributed by atoms with van der Waals surface area (Å²) in [7, 11) is 0. The summed E-state index contributed by atoms with van der Waals surface area (Å²) in [6, 6.07) is 0. The second-order valence-electron chi connectivity index (χ2n) is 5.31. The molecule has 100 valence electrons. The standard InChI is InChI=1S/C10H17F3N2O2/c1-8(2,3)17-7(16)15-5-4-9(14,6-15)10(11,12)13/h4-6,14H2,1-3H3. The maximum absolute atomic E-state index is 12.6. The SMILES string of the molecule is CC(C)(C)OC(=O)N1CCC(N)(C(F)(F)F)C1. The lowest BCUT2D eigenvalue weighted by molar-refractivity contribution is -0.181. The van der Waals surface area contributed by atoms with Crippen LogP contribution in [0.3, 0.4) is 0 Å². The minimum atomic E-state index is -4.51. The van der Waals surface area contributed by atoms with Gasteiger partial charge in [-0.3, -0.25) is 0 Å². The molecule has 0 radical (unpaired) electrons. The Kier molecular flexibility index (Phi) is 3.35. The molecule has 2 N–H and O–H groups in total. The van der Waals surface area contributed by atoms with E-state index in [9.17, 15) is 18.0 Å². The van der Waals surface area contributed by atoms with Crippen molar-refractivity contribution in [2.45, 2.75) is 44.5 Å². The van der Waals surface area contributed by atoms with Crippen LogP contribution in [0.2, 0.25) is 0 Å². The highest BCUT2D eigenvalue weighted by atomic mass is 19.4. The van der Waals surface area contributed by atoms with Crippen molar-refractivity contribution in [2.75, 3.05) is 13.1 Å². The molecule has 1 fully saturated rings. The number of halogens is 3. The summed E-state index contributed by atoms with van der Waals surface area (Å²) in [5, 5.41) is 0. The molecule has 0 saturated carbocycles. The van der Waals surface area contributed by atoms with Crippen molar-refractivity contribution in [1.82, 2.24) is 4.90 Å². The molecule has 0 aromatic heterocycles. The molecule has 4 nitrogen and oxygen atoms in total. The van der Waals surface area contributed by atoms with Crippen LogP contribution in [-0.2, 0) is 4.74 Å². The fraction of sp³-hybridized carbons (Fsp3) is 0.900. The normalized spacial score (nSPS) is 26.2. The highest BCUT2D eigenvalue weighted by molar-refractivity contribution is 5.68. The highest BCUT2D eigenvalue weighted by Crippen LogP contribution is 2.35. The van der Waals surface area contributed by atoms with Crippen molar-refractivity contribution in [1.29, 1.82) is 0 Å². The summed E-state index contributed by atoms with van der Waals surface area (Å²) in [5.74, 6) is 0. The lowest BCUT2D eigenvalue weighted by Gasteiger charge is -2.28. The monoisotopic (exact) mass is 254 g/mol. The first-order valence-corrected chi connectivity index (χ1v) is 5.28. The number of hydrogen-bond acceptors (Lipinski definition) is 3. The molecule has 1 heterocycles. The second-order valence-corrected chi connectivity index (χ2v) is 5.31. The smallest absolute Gasteiger partial charge is 0.410 e. The van der Waals surface area contributed by atoms with Crippen molar-refractivity contribution in [3.63, 3.8) is 0 Å². The number of alkyl halides is 3. The Morgan fingerprint density at radius 2 is 1.88 bits per heavy atom. The largest absolute Gasteiger partial charge is 0.444 e. The molecular weight excluding hydrogens is 237 g/mol. The van der Waals surface area contributed by atoms with Crippen molar-refractivity contribution in [3.8, 4) is 0 Å². The average Bonchev–Trinajstić information content (AvgIpc) is 2.44. The van der Waals surface area contributed by atoms with Crippen LogP contribution in [0, 0.1) is 0 Å². The Balaban J connectivity index is 2.65. The molecule has 0 aromatic carbocycles. The van der Waals surface area contributed by atoms with Crippen LogP contribution in [0.25, 0.3) is 0 Å². The van der Waals surface area contributed by atoms with Crippen molar-refractivity contribution >= 4 is 6.09 Å². The first-order valence-electron chi connectivity index (χ1n) is 5.28. The summed E-state index contributed by atoms with van der Waals surface area (Å²) >= 11 is 0. The van der Waals surface area contributed by atoms with Crippen molar-refractivity contribution in [3.05, 3.63) is 0 Å². The number of nitrogens with two attached hydrogens (primary N) is 1. The van der Waals surface area contributed by atoms with Gasteiger partial charge in [0.05, 0.1) is 6.54 Å². The maximum Gasteiger partial charge on any atom is 0.410 e. The number of ether oxygens (including phenoxy) is 1. The first kappa shape index (κ1) is 14.1. The number of amides is 1. The molecule has 1 amide bonds. The molecule has 1 unspecified atom stereocenters. The average molecular weight is 254 g/mol. The zero-order valence-corrected chi connectivity index (χ0v) is 10.1. The van der Waals surface area contributed by atoms with Gasteiger partial charge in [-0.25, -0.2) is 4.79 Å². The van der Waals surface area contributed by atoms with Gasteiger partial charge in [0.1, 0.15) is 11.1 Å². The van der Waals surface area contributed by atoms with Crippen LogP contribution < -0.4 is 5.73 Å². The van der Waals surface area contributed by atoms with Gasteiger partial charge >= 0.3 is 12.3 Å². The zero-order valence-electron chi connectivity index (χ0n) is 10.1. The third-order valence-corrected chi connectivity index (χ3v) is 2.52. The Bertz CT molecular complexity index is 312. The molecule has 1 atom stereocenters. The van der Waals surface area contributed by atoms with Gasteiger partial charge in [-0.1, -0.05) is 0 Å². The molecule has 1 aliphatic heterocycles. The second kappa shape index (κ2) is 4.04. The van der Waals surface area contributed by atoms with Crippen molar-refractivity contribution < 1.29 is 22.7 Å². The molecule has 0 aliphatic carbocycles. The van der Waals surface area contributed by atoms with E-state index in [1.807, 2.05) is 0 Å². The van der Waals surface area contributed by atoms with Crippen LogP contribution in [0.5, 0.6) is 0 Å². The third kappa shape index (κ3) is 3.24. The predicted molar refractivity (Wildman–Crippen MR) is 55.4 cm³/mol. The molecule has 17 heavy (non-hydrogen) atoms. The van der Waals surface area contributed by atoms with Crippen molar-refractivity contribution in [2.24, 2.45) is 5.73 Å². The van der Waals surface area contributed by atoms with E-state index in [4.69, 9.17) is 10.5 Å². The zero-order chi connectivity index (χ0) is 13.5. The number of rotatable bonds is 0. The Labute approximate surface area is 97.9 Å². The fourth-order valence-corrected chi connectivity index (χ4v) is 1.55. The van der Waals surface area contributed by atoms with Gasteiger partial charge in [-0.05, 0) is 27.2 Å².